The lowest BCUT2D eigenvalue weighted by molar-refractivity contribution is -0.0671. The van der Waals surface area contributed by atoms with Crippen molar-refractivity contribution in [2.75, 3.05) is 13.1 Å². The van der Waals surface area contributed by atoms with E-state index in [1.54, 1.807) is 0 Å². The minimum absolute atomic E-state index is 0. The summed E-state index contributed by atoms with van der Waals surface area (Å²) in [6, 6.07) is 0. The van der Waals surface area contributed by atoms with Crippen molar-refractivity contribution in [3.05, 3.63) is 0 Å². The molecule has 1 unspecified atom stereocenters. The molecular weight excluding hydrogens is 174 g/mol. The fourth-order valence-electron chi connectivity index (χ4n) is 2.50. The number of fused-ring (bicyclic) bond motifs is 1. The van der Waals surface area contributed by atoms with Crippen LogP contribution in [0.25, 0.3) is 0 Å². The van der Waals surface area contributed by atoms with Gasteiger partial charge in [-0.3, -0.25) is 0 Å². The summed E-state index contributed by atoms with van der Waals surface area (Å²) in [6.45, 7) is 2.05. The second-order valence-corrected chi connectivity index (χ2v) is 4.00. The Morgan fingerprint density at radius 3 is 2.83 bits per heavy atom. The molecule has 2 aliphatic rings. The van der Waals surface area contributed by atoms with Crippen molar-refractivity contribution in [1.29, 1.82) is 0 Å². The lowest BCUT2D eigenvalue weighted by Crippen LogP contribution is -2.51. The van der Waals surface area contributed by atoms with E-state index in [2.05, 4.69) is 5.32 Å². The smallest absolute Gasteiger partial charge is 0.0700 e. The third kappa shape index (κ3) is 1.76. The van der Waals surface area contributed by atoms with Crippen molar-refractivity contribution >= 4 is 12.4 Å². The molecule has 0 radical (unpaired) electrons. The molecule has 2 nitrogen and oxygen atoms in total. The molecule has 1 heterocycles. The van der Waals surface area contributed by atoms with Gasteiger partial charge in [-0.25, -0.2) is 0 Å². The van der Waals surface area contributed by atoms with E-state index in [1.807, 2.05) is 0 Å². The minimum atomic E-state index is -0.288. The summed E-state index contributed by atoms with van der Waals surface area (Å²) in [5, 5.41) is 13.5. The predicted octanol–water partition coefficient (Wildman–Crippen LogP) is 1.32. The van der Waals surface area contributed by atoms with Crippen LogP contribution in [0.5, 0.6) is 0 Å². The third-order valence-corrected chi connectivity index (χ3v) is 3.30. The quantitative estimate of drug-likeness (QED) is 0.606. The molecule has 0 aromatic carbocycles. The van der Waals surface area contributed by atoms with E-state index in [0.29, 0.717) is 5.92 Å². The number of rotatable bonds is 0. The highest BCUT2D eigenvalue weighted by atomic mass is 35.5. The van der Waals surface area contributed by atoms with Crippen molar-refractivity contribution in [3.8, 4) is 0 Å². The maximum absolute atomic E-state index is 10.2. The van der Waals surface area contributed by atoms with Crippen molar-refractivity contribution in [2.24, 2.45) is 5.92 Å². The van der Waals surface area contributed by atoms with Crippen LogP contribution in [0.4, 0.5) is 0 Å². The molecule has 1 aliphatic carbocycles. The van der Waals surface area contributed by atoms with Crippen LogP contribution in [0, 0.1) is 5.92 Å². The summed E-state index contributed by atoms with van der Waals surface area (Å²) in [5.74, 6) is 0.546. The highest BCUT2D eigenvalue weighted by molar-refractivity contribution is 5.85. The minimum Gasteiger partial charge on any atom is -0.390 e. The van der Waals surface area contributed by atoms with Gasteiger partial charge in [0, 0.05) is 12.5 Å². The Morgan fingerprint density at radius 2 is 2.08 bits per heavy atom. The first kappa shape index (κ1) is 10.3. The van der Waals surface area contributed by atoms with Crippen molar-refractivity contribution in [3.63, 3.8) is 0 Å². The summed E-state index contributed by atoms with van der Waals surface area (Å²) >= 11 is 0. The molecular formula is C9H18ClNO. The zero-order valence-electron chi connectivity index (χ0n) is 7.38. The van der Waals surface area contributed by atoms with E-state index in [-0.39, 0.29) is 18.0 Å². The maximum atomic E-state index is 10.2. The molecule has 12 heavy (non-hydrogen) atoms. The first-order valence-corrected chi connectivity index (χ1v) is 4.74. The number of halogens is 1. The first-order valence-electron chi connectivity index (χ1n) is 4.74. The van der Waals surface area contributed by atoms with E-state index in [4.69, 9.17) is 0 Å². The van der Waals surface area contributed by atoms with Crippen LogP contribution in [0.2, 0.25) is 0 Å². The summed E-state index contributed by atoms with van der Waals surface area (Å²) in [7, 11) is 0. The van der Waals surface area contributed by atoms with Crippen LogP contribution in [0.3, 0.4) is 0 Å². The van der Waals surface area contributed by atoms with Gasteiger partial charge in [0.15, 0.2) is 0 Å². The summed E-state index contributed by atoms with van der Waals surface area (Å²) in [4.78, 5) is 0. The van der Waals surface area contributed by atoms with Gasteiger partial charge in [-0.2, -0.15) is 0 Å². The van der Waals surface area contributed by atoms with Crippen LogP contribution >= 0.6 is 12.4 Å². The van der Waals surface area contributed by atoms with E-state index in [1.165, 1.54) is 19.3 Å². The SMILES string of the molecule is Cl.O[C@]12CCCCC1CNCC2. The van der Waals surface area contributed by atoms with Gasteiger partial charge in [0.25, 0.3) is 0 Å². The number of nitrogens with one attached hydrogen (secondary N) is 1. The molecule has 0 spiro atoms. The second kappa shape index (κ2) is 3.95. The standard InChI is InChI=1S/C9H17NO.ClH/c11-9-4-2-1-3-8(9)7-10-6-5-9;/h8,10-11H,1-7H2;1H/t8?,9-;/m0./s1. The Labute approximate surface area is 80.1 Å². The molecule has 2 rings (SSSR count). The molecule has 2 fully saturated rings. The average Bonchev–Trinajstić information content (AvgIpc) is 2.03. The zero-order chi connectivity index (χ0) is 7.73. The van der Waals surface area contributed by atoms with Gasteiger partial charge in [0.05, 0.1) is 5.60 Å². The normalized spacial score (nSPS) is 41.2. The largest absolute Gasteiger partial charge is 0.390 e. The molecule has 0 aromatic rings. The van der Waals surface area contributed by atoms with Gasteiger partial charge in [-0.05, 0) is 25.8 Å². The van der Waals surface area contributed by atoms with Crippen LogP contribution in [-0.2, 0) is 0 Å². The van der Waals surface area contributed by atoms with Crippen LogP contribution in [0.1, 0.15) is 32.1 Å². The van der Waals surface area contributed by atoms with Gasteiger partial charge in [-0.15, -0.1) is 12.4 Å². The summed E-state index contributed by atoms with van der Waals surface area (Å²) in [5.41, 5.74) is -0.288. The van der Waals surface area contributed by atoms with Crippen LogP contribution < -0.4 is 5.32 Å². The van der Waals surface area contributed by atoms with Crippen molar-refractivity contribution in [2.45, 2.75) is 37.7 Å². The van der Waals surface area contributed by atoms with Crippen molar-refractivity contribution in [1.82, 2.24) is 5.32 Å². The van der Waals surface area contributed by atoms with Gasteiger partial charge in [0.1, 0.15) is 0 Å². The monoisotopic (exact) mass is 191 g/mol. The fraction of sp³-hybridized carbons (Fsp3) is 1.00. The third-order valence-electron chi connectivity index (χ3n) is 3.30. The lowest BCUT2D eigenvalue weighted by Gasteiger charge is -2.43. The van der Waals surface area contributed by atoms with E-state index in [0.717, 1.165) is 25.9 Å². The molecule has 2 atom stereocenters. The average molecular weight is 192 g/mol. The van der Waals surface area contributed by atoms with Gasteiger partial charge >= 0.3 is 0 Å². The summed E-state index contributed by atoms with van der Waals surface area (Å²) in [6.07, 6.45) is 5.78. The van der Waals surface area contributed by atoms with E-state index < -0.39 is 0 Å². The van der Waals surface area contributed by atoms with Crippen molar-refractivity contribution < 1.29 is 5.11 Å². The molecule has 2 N–H and O–H groups in total. The van der Waals surface area contributed by atoms with Gasteiger partial charge < -0.3 is 10.4 Å². The highest BCUT2D eigenvalue weighted by Gasteiger charge is 2.39. The molecule has 72 valence electrons. The molecule has 0 bridgehead atoms. The molecule has 3 heteroatoms. The first-order chi connectivity index (χ1) is 5.31. The molecule has 0 aromatic heterocycles. The maximum Gasteiger partial charge on any atom is 0.0700 e. The lowest BCUT2D eigenvalue weighted by atomic mass is 9.72. The second-order valence-electron chi connectivity index (χ2n) is 4.00. The molecule has 0 amide bonds. The topological polar surface area (TPSA) is 32.3 Å². The number of hydrogen-bond acceptors (Lipinski definition) is 2. The zero-order valence-corrected chi connectivity index (χ0v) is 8.20. The molecule has 1 saturated carbocycles. The Hall–Kier alpha value is 0.210. The number of aliphatic hydroxyl groups is 1. The fourth-order valence-corrected chi connectivity index (χ4v) is 2.50. The van der Waals surface area contributed by atoms with E-state index >= 15 is 0 Å². The summed E-state index contributed by atoms with van der Waals surface area (Å²) < 4.78 is 0. The Kier molecular flexibility index (Phi) is 3.38. The molecule has 1 saturated heterocycles. The van der Waals surface area contributed by atoms with Crippen LogP contribution in [0.15, 0.2) is 0 Å². The Balaban J connectivity index is 0.000000720. The number of piperidine rings is 1. The van der Waals surface area contributed by atoms with Crippen LogP contribution in [-0.4, -0.2) is 23.8 Å². The Bertz CT molecular complexity index is 139. The van der Waals surface area contributed by atoms with Gasteiger partial charge in [-0.1, -0.05) is 12.8 Å². The number of hydrogen-bond donors (Lipinski definition) is 2. The Morgan fingerprint density at radius 1 is 1.25 bits per heavy atom. The van der Waals surface area contributed by atoms with Gasteiger partial charge in [0.2, 0.25) is 0 Å². The highest BCUT2D eigenvalue weighted by Crippen LogP contribution is 2.37. The predicted molar refractivity (Wildman–Crippen MR) is 51.6 cm³/mol. The molecule has 1 aliphatic heterocycles. The van der Waals surface area contributed by atoms with E-state index in [9.17, 15) is 5.11 Å².